The van der Waals surface area contributed by atoms with Crippen molar-refractivity contribution in [2.75, 3.05) is 39.3 Å². The maximum Gasteiger partial charge on any atom is 0.257 e. The van der Waals surface area contributed by atoms with Crippen LogP contribution < -0.4 is 0 Å². The number of furan rings is 1. The molecule has 1 aromatic carbocycles. The number of benzene rings is 1. The fraction of sp³-hybridized carbons (Fsp3) is 0.500. The van der Waals surface area contributed by atoms with Crippen LogP contribution in [0.25, 0.3) is 0 Å². The highest BCUT2D eigenvalue weighted by molar-refractivity contribution is 5.95. The number of aryl methyl sites for hydroxylation is 2. The summed E-state index contributed by atoms with van der Waals surface area (Å²) in [6.45, 7) is 10.9. The fourth-order valence-corrected chi connectivity index (χ4v) is 3.98. The summed E-state index contributed by atoms with van der Waals surface area (Å²) < 4.78 is 5.51. The van der Waals surface area contributed by atoms with Crippen LogP contribution >= 0.6 is 0 Å². The van der Waals surface area contributed by atoms with Gasteiger partial charge in [0, 0.05) is 52.2 Å². The van der Waals surface area contributed by atoms with Crippen molar-refractivity contribution in [2.45, 2.75) is 40.2 Å². The number of piperazine rings is 1. The number of carbonyl (C=O) groups is 2. The summed E-state index contributed by atoms with van der Waals surface area (Å²) in [5.74, 6) is 1.45. The molecule has 1 fully saturated rings. The summed E-state index contributed by atoms with van der Waals surface area (Å²) in [6.07, 6.45) is 1.22. The highest BCUT2D eigenvalue weighted by Gasteiger charge is 2.24. The molecule has 2 aromatic rings. The average molecular weight is 412 g/mol. The Bertz CT molecular complexity index is 839. The van der Waals surface area contributed by atoms with Gasteiger partial charge in [-0.05, 0) is 31.9 Å². The molecule has 3 rings (SSSR count). The summed E-state index contributed by atoms with van der Waals surface area (Å²) >= 11 is 0. The highest BCUT2D eigenvalue weighted by Crippen LogP contribution is 2.17. The fourth-order valence-electron chi connectivity index (χ4n) is 3.98. The molecule has 162 valence electrons. The molecule has 0 spiro atoms. The Balaban J connectivity index is 1.49. The predicted molar refractivity (Wildman–Crippen MR) is 117 cm³/mol. The first-order chi connectivity index (χ1) is 14.5. The van der Waals surface area contributed by atoms with Gasteiger partial charge in [0.25, 0.3) is 5.91 Å². The van der Waals surface area contributed by atoms with Crippen molar-refractivity contribution in [3.8, 4) is 0 Å². The second-order valence-corrected chi connectivity index (χ2v) is 8.01. The Morgan fingerprint density at radius 1 is 1.03 bits per heavy atom. The topological polar surface area (TPSA) is 57.0 Å². The van der Waals surface area contributed by atoms with Gasteiger partial charge in [-0.2, -0.15) is 0 Å². The molecule has 0 atom stereocenters. The lowest BCUT2D eigenvalue weighted by Crippen LogP contribution is -2.49. The Hall–Kier alpha value is -2.60. The van der Waals surface area contributed by atoms with Gasteiger partial charge in [-0.25, -0.2) is 0 Å². The quantitative estimate of drug-likeness (QED) is 0.667. The SMILES string of the molecule is CCCN(CCC(=O)N1CCN(Cc2ccccc2)CC1)C(=O)c1cc(C)oc1C. The third kappa shape index (κ3) is 5.72. The first kappa shape index (κ1) is 22.1. The summed E-state index contributed by atoms with van der Waals surface area (Å²) in [4.78, 5) is 31.8. The van der Waals surface area contributed by atoms with Crippen LogP contribution in [0.1, 0.15) is 47.2 Å². The van der Waals surface area contributed by atoms with Crippen molar-refractivity contribution in [3.63, 3.8) is 0 Å². The van der Waals surface area contributed by atoms with E-state index >= 15 is 0 Å². The van der Waals surface area contributed by atoms with E-state index < -0.39 is 0 Å². The molecule has 0 radical (unpaired) electrons. The van der Waals surface area contributed by atoms with Crippen LogP contribution in [-0.2, 0) is 11.3 Å². The van der Waals surface area contributed by atoms with Gasteiger partial charge < -0.3 is 14.2 Å². The third-order valence-corrected chi connectivity index (χ3v) is 5.62. The first-order valence-corrected chi connectivity index (χ1v) is 10.9. The molecule has 2 heterocycles. The smallest absolute Gasteiger partial charge is 0.257 e. The third-order valence-electron chi connectivity index (χ3n) is 5.62. The number of rotatable bonds is 8. The van der Waals surface area contributed by atoms with E-state index in [1.165, 1.54) is 5.56 Å². The Morgan fingerprint density at radius 3 is 2.33 bits per heavy atom. The molecule has 1 aliphatic rings. The molecule has 1 saturated heterocycles. The summed E-state index contributed by atoms with van der Waals surface area (Å²) in [7, 11) is 0. The summed E-state index contributed by atoms with van der Waals surface area (Å²) in [5.41, 5.74) is 1.90. The van der Waals surface area contributed by atoms with Gasteiger partial charge in [0.15, 0.2) is 0 Å². The van der Waals surface area contributed by atoms with E-state index in [0.717, 1.165) is 44.9 Å². The molecule has 2 amide bonds. The van der Waals surface area contributed by atoms with Crippen molar-refractivity contribution < 1.29 is 14.0 Å². The molecule has 6 heteroatoms. The van der Waals surface area contributed by atoms with Gasteiger partial charge in [0.2, 0.25) is 5.91 Å². The monoisotopic (exact) mass is 411 g/mol. The van der Waals surface area contributed by atoms with E-state index in [2.05, 4.69) is 29.2 Å². The van der Waals surface area contributed by atoms with E-state index in [4.69, 9.17) is 4.42 Å². The zero-order chi connectivity index (χ0) is 21.5. The molecule has 0 saturated carbocycles. The van der Waals surface area contributed by atoms with Crippen LogP contribution in [0.2, 0.25) is 0 Å². The largest absolute Gasteiger partial charge is 0.466 e. The predicted octanol–water partition coefficient (Wildman–Crippen LogP) is 3.48. The minimum atomic E-state index is -0.0494. The van der Waals surface area contributed by atoms with Crippen LogP contribution in [-0.4, -0.2) is 65.8 Å². The van der Waals surface area contributed by atoms with E-state index in [1.807, 2.05) is 31.7 Å². The number of hydrogen-bond donors (Lipinski definition) is 0. The van der Waals surface area contributed by atoms with E-state index in [0.29, 0.717) is 30.8 Å². The van der Waals surface area contributed by atoms with Crippen molar-refractivity contribution in [3.05, 3.63) is 59.0 Å². The number of hydrogen-bond acceptors (Lipinski definition) is 4. The second kappa shape index (κ2) is 10.4. The van der Waals surface area contributed by atoms with Crippen LogP contribution in [0.3, 0.4) is 0 Å². The van der Waals surface area contributed by atoms with Crippen LogP contribution in [0.4, 0.5) is 0 Å². The molecule has 0 bridgehead atoms. The molecular formula is C24H33N3O3. The van der Waals surface area contributed by atoms with Gasteiger partial charge >= 0.3 is 0 Å². The van der Waals surface area contributed by atoms with Gasteiger partial charge in [-0.15, -0.1) is 0 Å². The second-order valence-electron chi connectivity index (χ2n) is 8.01. The lowest BCUT2D eigenvalue weighted by molar-refractivity contribution is -0.133. The first-order valence-electron chi connectivity index (χ1n) is 10.9. The zero-order valence-electron chi connectivity index (χ0n) is 18.4. The molecule has 30 heavy (non-hydrogen) atoms. The number of amides is 2. The van der Waals surface area contributed by atoms with Crippen LogP contribution in [0, 0.1) is 13.8 Å². The number of nitrogens with zero attached hydrogens (tertiary/aromatic N) is 3. The zero-order valence-corrected chi connectivity index (χ0v) is 18.4. The number of carbonyl (C=O) groups excluding carboxylic acids is 2. The van der Waals surface area contributed by atoms with Crippen molar-refractivity contribution in [2.24, 2.45) is 0 Å². The van der Waals surface area contributed by atoms with E-state index in [9.17, 15) is 9.59 Å². The molecule has 6 nitrogen and oxygen atoms in total. The lowest BCUT2D eigenvalue weighted by Gasteiger charge is -2.35. The lowest BCUT2D eigenvalue weighted by atomic mass is 10.2. The molecular weight excluding hydrogens is 378 g/mol. The molecule has 0 N–H and O–H groups in total. The average Bonchev–Trinajstić information content (AvgIpc) is 3.09. The highest BCUT2D eigenvalue weighted by atomic mass is 16.3. The summed E-state index contributed by atoms with van der Waals surface area (Å²) in [5, 5.41) is 0. The maximum atomic E-state index is 12.9. The molecule has 0 unspecified atom stereocenters. The van der Waals surface area contributed by atoms with Gasteiger partial charge in [0.1, 0.15) is 11.5 Å². The molecule has 1 aromatic heterocycles. The minimum Gasteiger partial charge on any atom is -0.466 e. The van der Waals surface area contributed by atoms with Gasteiger partial charge in [-0.3, -0.25) is 14.5 Å². The Kier molecular flexibility index (Phi) is 7.69. The Labute approximate surface area is 179 Å². The van der Waals surface area contributed by atoms with Crippen LogP contribution in [0.5, 0.6) is 0 Å². The maximum absolute atomic E-state index is 12.9. The standard InChI is InChI=1S/C24H33N3O3/c1-4-11-27(24(29)22-17-19(2)30-20(22)3)12-10-23(28)26-15-13-25(14-16-26)18-21-8-6-5-7-9-21/h5-9,17H,4,10-16,18H2,1-3H3. The molecule has 1 aliphatic heterocycles. The van der Waals surface area contributed by atoms with E-state index in [1.54, 1.807) is 11.0 Å². The van der Waals surface area contributed by atoms with E-state index in [-0.39, 0.29) is 11.8 Å². The summed E-state index contributed by atoms with van der Waals surface area (Å²) in [6, 6.07) is 12.2. The van der Waals surface area contributed by atoms with Gasteiger partial charge in [0.05, 0.1) is 5.56 Å². The normalized spacial score (nSPS) is 14.7. The van der Waals surface area contributed by atoms with Crippen molar-refractivity contribution in [1.82, 2.24) is 14.7 Å². The van der Waals surface area contributed by atoms with Crippen molar-refractivity contribution >= 4 is 11.8 Å². The Morgan fingerprint density at radius 2 is 1.73 bits per heavy atom. The minimum absolute atomic E-state index is 0.0494. The van der Waals surface area contributed by atoms with Gasteiger partial charge in [-0.1, -0.05) is 37.3 Å². The van der Waals surface area contributed by atoms with Crippen LogP contribution in [0.15, 0.2) is 40.8 Å². The molecule has 0 aliphatic carbocycles. The van der Waals surface area contributed by atoms with Crippen molar-refractivity contribution in [1.29, 1.82) is 0 Å².